The zero-order chi connectivity index (χ0) is 25.3. The Morgan fingerprint density at radius 3 is 2.42 bits per heavy atom. The molecule has 0 unspecified atom stereocenters. The Kier molecular flexibility index (Phi) is 5.69. The van der Waals surface area contributed by atoms with Gasteiger partial charge in [0, 0.05) is 22.9 Å². The fourth-order valence-corrected chi connectivity index (χ4v) is 5.65. The van der Waals surface area contributed by atoms with E-state index in [-0.39, 0.29) is 31.8 Å². The Morgan fingerprint density at radius 2 is 1.66 bits per heavy atom. The van der Waals surface area contributed by atoms with Crippen molar-refractivity contribution in [1.82, 2.24) is 0 Å². The molecule has 3 aliphatic heterocycles. The highest BCUT2D eigenvalue weighted by atomic mass is 35.5. The molecule has 0 saturated heterocycles. The van der Waals surface area contributed by atoms with Crippen LogP contribution in [0.15, 0.2) is 55.1 Å². The number of fused-ring (bicyclic) bond motifs is 7. The topological polar surface area (TPSA) is 67.1 Å². The summed E-state index contributed by atoms with van der Waals surface area (Å²) in [5.74, 6) is 3.34. The van der Waals surface area contributed by atoms with Gasteiger partial charge in [0.15, 0.2) is 35.3 Å². The lowest BCUT2D eigenvalue weighted by atomic mass is 9.88. The van der Waals surface area contributed by atoms with Gasteiger partial charge < -0.3 is 36.1 Å². The summed E-state index contributed by atoms with van der Waals surface area (Å²) in [7, 11) is 1.60. The number of aromatic nitrogens is 1. The van der Waals surface area contributed by atoms with Crippen LogP contribution < -0.4 is 40.7 Å². The van der Waals surface area contributed by atoms with E-state index in [0.717, 1.165) is 51.2 Å². The summed E-state index contributed by atoms with van der Waals surface area (Å²) in [4.78, 5) is 13.8. The summed E-state index contributed by atoms with van der Waals surface area (Å²) in [6, 6.07) is 15.2. The normalized spacial score (nSPS) is 13.9. The number of pyridine rings is 1. The third-order valence-corrected chi connectivity index (χ3v) is 7.45. The van der Waals surface area contributed by atoms with Gasteiger partial charge in [0.1, 0.15) is 11.1 Å². The number of Topliss-reactive ketones (excluding diaryl/α,β-unsaturated/α-hetero) is 1. The predicted molar refractivity (Wildman–Crippen MR) is 137 cm³/mol. The Morgan fingerprint density at radius 1 is 0.947 bits per heavy atom. The van der Waals surface area contributed by atoms with Crippen LogP contribution in [0.5, 0.6) is 28.7 Å². The molecule has 0 amide bonds. The van der Waals surface area contributed by atoms with Crippen LogP contribution in [0.25, 0.3) is 27.6 Å². The van der Waals surface area contributed by atoms with E-state index in [4.69, 9.17) is 23.7 Å². The molecule has 0 N–H and O–H groups in total. The van der Waals surface area contributed by atoms with Crippen molar-refractivity contribution < 1.29 is 45.5 Å². The van der Waals surface area contributed by atoms with E-state index in [0.29, 0.717) is 34.9 Å². The van der Waals surface area contributed by atoms with Gasteiger partial charge in [-0.15, -0.1) is 0 Å². The largest absolute Gasteiger partial charge is 1.00 e. The van der Waals surface area contributed by atoms with E-state index in [1.165, 1.54) is 5.56 Å². The number of hydrogen-bond donors (Lipinski definition) is 0. The summed E-state index contributed by atoms with van der Waals surface area (Å²) in [6.45, 7) is 7.47. The minimum Gasteiger partial charge on any atom is -1.00 e. The van der Waals surface area contributed by atoms with Crippen LogP contribution in [-0.4, -0.2) is 26.5 Å². The molecule has 3 aromatic carbocycles. The maximum Gasteiger partial charge on any atom is 0.231 e. The van der Waals surface area contributed by atoms with E-state index in [1.807, 2.05) is 18.2 Å². The standard InChI is InChI=1S/C30H24NO6.ClH/c1-16-21-8-9-23-30(37-15-34-23)26(21)28(17(2)29(32)18-4-6-20(33-3)7-5-18)31-11-10-19-12-24-25(36-14-35-24)13-22(19)27(16)31;/h4-9,12-13H,2,10-11,14-15H2,1,3H3;1H/q+1;/p-1. The summed E-state index contributed by atoms with van der Waals surface area (Å²) >= 11 is 0. The molecule has 1 aromatic heterocycles. The van der Waals surface area contributed by atoms with Crippen LogP contribution in [0.2, 0.25) is 0 Å². The molecule has 38 heavy (non-hydrogen) atoms. The Balaban J connectivity index is 0.00000264. The van der Waals surface area contributed by atoms with Gasteiger partial charge >= 0.3 is 0 Å². The van der Waals surface area contributed by atoms with Crippen LogP contribution in [0.3, 0.4) is 0 Å². The quantitative estimate of drug-likeness (QED) is 0.229. The Bertz CT molecular complexity index is 1660. The smallest absolute Gasteiger partial charge is 0.231 e. The number of ketones is 1. The summed E-state index contributed by atoms with van der Waals surface area (Å²) in [6.07, 6.45) is 0.776. The molecule has 0 aliphatic carbocycles. The van der Waals surface area contributed by atoms with Crippen molar-refractivity contribution >= 4 is 22.1 Å². The van der Waals surface area contributed by atoms with Crippen LogP contribution in [0, 0.1) is 6.92 Å². The van der Waals surface area contributed by atoms with Crippen molar-refractivity contribution in [2.24, 2.45) is 0 Å². The van der Waals surface area contributed by atoms with Gasteiger partial charge in [-0.3, -0.25) is 4.79 Å². The van der Waals surface area contributed by atoms with Crippen molar-refractivity contribution in [3.63, 3.8) is 0 Å². The minimum absolute atomic E-state index is 0. The Labute approximate surface area is 225 Å². The van der Waals surface area contributed by atoms with Gasteiger partial charge in [0.05, 0.1) is 18.2 Å². The third-order valence-electron chi connectivity index (χ3n) is 7.45. The predicted octanol–water partition coefficient (Wildman–Crippen LogP) is 2.02. The second-order valence-electron chi connectivity index (χ2n) is 9.34. The molecule has 8 heteroatoms. The lowest BCUT2D eigenvalue weighted by molar-refractivity contribution is -0.688. The van der Waals surface area contributed by atoms with Crippen molar-refractivity contribution in [2.45, 2.75) is 19.9 Å². The number of hydrogen-bond acceptors (Lipinski definition) is 6. The third kappa shape index (κ3) is 3.42. The number of carbonyl (C=O) groups is 1. The molecular formula is C30H24ClNO6. The minimum atomic E-state index is -0.157. The molecule has 4 aromatic rings. The number of benzene rings is 3. The number of allylic oxidation sites excluding steroid dienone is 1. The van der Waals surface area contributed by atoms with E-state index in [1.54, 1.807) is 31.4 Å². The molecule has 3 aliphatic rings. The molecular weight excluding hydrogens is 506 g/mol. The number of rotatable bonds is 4. The SMILES string of the molecule is C=C(C(=O)c1ccc(OC)cc1)c1c2c3c(ccc2c(C)c2[n+]1CCc1cc4c(cc1-2)OCO4)OCO3.[Cl-]. The number of nitrogens with zero attached hydrogens (tertiary/aromatic N) is 1. The molecule has 192 valence electrons. The molecule has 0 bridgehead atoms. The number of ether oxygens (including phenoxy) is 5. The summed E-state index contributed by atoms with van der Waals surface area (Å²) in [5.41, 5.74) is 6.04. The summed E-state index contributed by atoms with van der Waals surface area (Å²) in [5, 5.41) is 1.83. The van der Waals surface area contributed by atoms with E-state index in [2.05, 4.69) is 24.1 Å². The molecule has 7 rings (SSSR count). The molecule has 0 spiro atoms. The van der Waals surface area contributed by atoms with Crippen molar-refractivity contribution in [2.75, 3.05) is 20.7 Å². The highest BCUT2D eigenvalue weighted by Gasteiger charge is 2.38. The summed E-state index contributed by atoms with van der Waals surface area (Å²) < 4.78 is 30.5. The first-order valence-electron chi connectivity index (χ1n) is 12.1. The molecule has 0 atom stereocenters. The van der Waals surface area contributed by atoms with E-state index >= 15 is 0 Å². The van der Waals surface area contributed by atoms with Crippen LogP contribution >= 0.6 is 0 Å². The maximum atomic E-state index is 13.8. The van der Waals surface area contributed by atoms with Gasteiger partial charge in [0.2, 0.25) is 25.0 Å². The molecule has 0 fully saturated rings. The van der Waals surface area contributed by atoms with Crippen LogP contribution in [0.1, 0.15) is 27.2 Å². The number of halogens is 1. The average Bonchev–Trinajstić information content (AvgIpc) is 3.60. The first kappa shape index (κ1) is 24.1. The van der Waals surface area contributed by atoms with E-state index in [9.17, 15) is 4.79 Å². The van der Waals surface area contributed by atoms with Crippen molar-refractivity contribution in [3.05, 3.63) is 77.5 Å². The van der Waals surface area contributed by atoms with E-state index < -0.39 is 0 Å². The van der Waals surface area contributed by atoms with Gasteiger partial charge in [0.25, 0.3) is 0 Å². The zero-order valence-electron chi connectivity index (χ0n) is 20.9. The average molecular weight is 530 g/mol. The highest BCUT2D eigenvalue weighted by Crippen LogP contribution is 2.47. The Hall–Kier alpha value is -4.23. The monoisotopic (exact) mass is 529 g/mol. The zero-order valence-corrected chi connectivity index (χ0v) is 21.7. The first-order valence-corrected chi connectivity index (χ1v) is 12.1. The van der Waals surface area contributed by atoms with Gasteiger partial charge in [-0.2, -0.15) is 4.57 Å². The number of aryl methyl sites for hydroxylation is 2. The molecule has 0 saturated carbocycles. The molecule has 7 nitrogen and oxygen atoms in total. The fourth-order valence-electron chi connectivity index (χ4n) is 5.65. The first-order chi connectivity index (χ1) is 18.0. The second kappa shape index (κ2) is 8.96. The highest BCUT2D eigenvalue weighted by molar-refractivity contribution is 6.30. The number of carbonyl (C=O) groups excluding carboxylic acids is 1. The van der Waals surface area contributed by atoms with Gasteiger partial charge in [-0.05, 0) is 61.0 Å². The van der Waals surface area contributed by atoms with Crippen molar-refractivity contribution in [1.29, 1.82) is 0 Å². The van der Waals surface area contributed by atoms with Crippen LogP contribution in [-0.2, 0) is 13.0 Å². The second-order valence-corrected chi connectivity index (χ2v) is 9.34. The molecule has 4 heterocycles. The lowest BCUT2D eigenvalue weighted by Gasteiger charge is -2.22. The van der Waals surface area contributed by atoms with Gasteiger partial charge in [-0.1, -0.05) is 6.58 Å². The van der Waals surface area contributed by atoms with Crippen LogP contribution in [0.4, 0.5) is 0 Å². The van der Waals surface area contributed by atoms with Gasteiger partial charge in [-0.25, -0.2) is 0 Å². The fraction of sp³-hybridized carbons (Fsp3) is 0.200. The maximum absolute atomic E-state index is 13.8. The lowest BCUT2D eigenvalue weighted by Crippen LogP contribution is -3.00. The number of methoxy groups -OCH3 is 1. The van der Waals surface area contributed by atoms with Crippen molar-refractivity contribution in [3.8, 4) is 40.0 Å². The molecule has 0 radical (unpaired) electrons.